The Hall–Kier alpha value is -3.55. The molecule has 4 rings (SSSR count). The van der Waals surface area contributed by atoms with Gasteiger partial charge in [-0.1, -0.05) is 23.3 Å². The molecule has 1 atom stereocenters. The second-order valence-corrected chi connectivity index (χ2v) is 6.47. The molecule has 0 fully saturated rings. The number of aryl methyl sites for hydroxylation is 1. The van der Waals surface area contributed by atoms with E-state index in [2.05, 4.69) is 31.1 Å². The minimum Gasteiger partial charge on any atom is -0.326 e. The summed E-state index contributed by atoms with van der Waals surface area (Å²) in [7, 11) is 0. The van der Waals surface area contributed by atoms with E-state index >= 15 is 0 Å². The van der Waals surface area contributed by atoms with Gasteiger partial charge in [-0.15, -0.1) is 0 Å². The second kappa shape index (κ2) is 6.64. The van der Waals surface area contributed by atoms with Crippen molar-refractivity contribution in [1.82, 2.24) is 25.2 Å². The zero-order chi connectivity index (χ0) is 19.0. The average molecular weight is 361 g/mol. The number of hydrogen-bond acceptors (Lipinski definition) is 6. The summed E-state index contributed by atoms with van der Waals surface area (Å²) in [5.74, 6) is 0.261. The standard InChI is InChI=1S/C19H19N7O/c1-11-7-6-9-14(12(11)2)22-18(27)16-13(3)21-19-23-24-25-26(19)17(16)15-8-4-5-10-20-15/h4-10,17H,1-3H3,(H,22,27)(H,21,23,25). The lowest BCUT2D eigenvalue weighted by Crippen LogP contribution is -2.32. The van der Waals surface area contributed by atoms with Crippen LogP contribution in [0, 0.1) is 13.8 Å². The Morgan fingerprint density at radius 1 is 1.15 bits per heavy atom. The van der Waals surface area contributed by atoms with Gasteiger partial charge < -0.3 is 10.6 Å². The first-order chi connectivity index (χ1) is 13.1. The second-order valence-electron chi connectivity index (χ2n) is 6.47. The topological polar surface area (TPSA) is 97.6 Å². The summed E-state index contributed by atoms with van der Waals surface area (Å²) in [5, 5.41) is 17.9. The van der Waals surface area contributed by atoms with Gasteiger partial charge in [0.2, 0.25) is 5.95 Å². The first-order valence-corrected chi connectivity index (χ1v) is 8.60. The number of fused-ring (bicyclic) bond motifs is 1. The maximum absolute atomic E-state index is 13.2. The van der Waals surface area contributed by atoms with Crippen LogP contribution in [-0.4, -0.2) is 31.1 Å². The van der Waals surface area contributed by atoms with Crippen molar-refractivity contribution in [3.63, 3.8) is 0 Å². The summed E-state index contributed by atoms with van der Waals surface area (Å²) in [6, 6.07) is 10.9. The van der Waals surface area contributed by atoms with E-state index in [9.17, 15) is 4.79 Å². The normalized spacial score (nSPS) is 15.9. The number of pyridine rings is 1. The van der Waals surface area contributed by atoms with Gasteiger partial charge in [-0.25, -0.2) is 0 Å². The molecule has 27 heavy (non-hydrogen) atoms. The van der Waals surface area contributed by atoms with Crippen molar-refractivity contribution < 1.29 is 4.79 Å². The summed E-state index contributed by atoms with van der Waals surface area (Å²) < 4.78 is 1.58. The molecule has 0 bridgehead atoms. The fourth-order valence-corrected chi connectivity index (χ4v) is 3.19. The number of carbonyl (C=O) groups is 1. The lowest BCUT2D eigenvalue weighted by Gasteiger charge is -2.27. The van der Waals surface area contributed by atoms with Crippen molar-refractivity contribution >= 4 is 17.5 Å². The molecule has 8 nitrogen and oxygen atoms in total. The van der Waals surface area contributed by atoms with Crippen molar-refractivity contribution in [2.75, 3.05) is 10.6 Å². The largest absolute Gasteiger partial charge is 0.326 e. The molecule has 3 aromatic rings. The predicted octanol–water partition coefficient (Wildman–Crippen LogP) is 2.61. The van der Waals surface area contributed by atoms with Gasteiger partial charge in [-0.2, -0.15) is 4.68 Å². The zero-order valence-corrected chi connectivity index (χ0v) is 15.3. The van der Waals surface area contributed by atoms with Crippen molar-refractivity contribution in [2.24, 2.45) is 0 Å². The number of aromatic nitrogens is 5. The molecular formula is C19H19N7O. The highest BCUT2D eigenvalue weighted by Crippen LogP contribution is 2.34. The molecule has 1 aromatic carbocycles. The van der Waals surface area contributed by atoms with Gasteiger partial charge in [0.25, 0.3) is 5.91 Å². The molecule has 0 aliphatic carbocycles. The molecule has 0 spiro atoms. The molecule has 0 radical (unpaired) electrons. The number of nitrogens with one attached hydrogen (secondary N) is 2. The van der Waals surface area contributed by atoms with Crippen molar-refractivity contribution in [1.29, 1.82) is 0 Å². The third-order valence-corrected chi connectivity index (χ3v) is 4.78. The molecule has 0 saturated carbocycles. The molecule has 8 heteroatoms. The molecular weight excluding hydrogens is 342 g/mol. The Morgan fingerprint density at radius 3 is 2.78 bits per heavy atom. The first-order valence-electron chi connectivity index (χ1n) is 8.60. The predicted molar refractivity (Wildman–Crippen MR) is 101 cm³/mol. The van der Waals surface area contributed by atoms with E-state index in [-0.39, 0.29) is 5.91 Å². The number of amides is 1. The smallest absolute Gasteiger partial charge is 0.255 e. The number of nitrogens with zero attached hydrogens (tertiary/aromatic N) is 5. The first kappa shape index (κ1) is 16.9. The number of rotatable bonds is 3. The zero-order valence-electron chi connectivity index (χ0n) is 15.3. The number of benzene rings is 1. The van der Waals surface area contributed by atoms with Crippen LogP contribution in [0.2, 0.25) is 0 Å². The van der Waals surface area contributed by atoms with Crippen LogP contribution in [0.25, 0.3) is 0 Å². The maximum atomic E-state index is 13.2. The van der Waals surface area contributed by atoms with E-state index in [0.29, 0.717) is 22.9 Å². The fraction of sp³-hybridized carbons (Fsp3) is 0.211. The van der Waals surface area contributed by atoms with Gasteiger partial charge in [0.05, 0.1) is 11.3 Å². The molecule has 1 aliphatic heterocycles. The molecule has 0 saturated heterocycles. The number of carbonyl (C=O) groups excluding carboxylic acids is 1. The van der Waals surface area contributed by atoms with Crippen LogP contribution >= 0.6 is 0 Å². The van der Waals surface area contributed by atoms with Gasteiger partial charge >= 0.3 is 0 Å². The van der Waals surface area contributed by atoms with Crippen LogP contribution in [0.15, 0.2) is 53.9 Å². The molecule has 1 unspecified atom stereocenters. The fourth-order valence-electron chi connectivity index (χ4n) is 3.19. The van der Waals surface area contributed by atoms with E-state index in [0.717, 1.165) is 16.8 Å². The maximum Gasteiger partial charge on any atom is 0.255 e. The van der Waals surface area contributed by atoms with Crippen molar-refractivity contribution in [3.8, 4) is 0 Å². The Balaban J connectivity index is 1.77. The minimum absolute atomic E-state index is 0.217. The molecule has 136 valence electrons. The van der Waals surface area contributed by atoms with Crippen molar-refractivity contribution in [3.05, 3.63) is 70.7 Å². The van der Waals surface area contributed by atoms with Crippen LogP contribution in [0.1, 0.15) is 29.8 Å². The summed E-state index contributed by atoms with van der Waals surface area (Å²) in [6.45, 7) is 5.84. The average Bonchev–Trinajstić information content (AvgIpc) is 3.13. The number of tetrazole rings is 1. The van der Waals surface area contributed by atoms with Gasteiger partial charge in [0, 0.05) is 17.6 Å². The van der Waals surface area contributed by atoms with E-state index in [1.807, 2.05) is 57.2 Å². The summed E-state index contributed by atoms with van der Waals surface area (Å²) in [4.78, 5) is 17.7. The third-order valence-electron chi connectivity index (χ3n) is 4.78. The minimum atomic E-state index is -0.512. The van der Waals surface area contributed by atoms with E-state index in [1.165, 1.54) is 0 Å². The Bertz CT molecular complexity index is 1040. The molecule has 1 aliphatic rings. The molecule has 3 heterocycles. The summed E-state index contributed by atoms with van der Waals surface area (Å²) in [5.41, 5.74) is 4.83. The lowest BCUT2D eigenvalue weighted by atomic mass is 9.98. The molecule has 2 N–H and O–H groups in total. The van der Waals surface area contributed by atoms with Gasteiger partial charge in [0.15, 0.2) is 0 Å². The van der Waals surface area contributed by atoms with Gasteiger partial charge in [-0.05, 0) is 60.5 Å². The SMILES string of the molecule is CC1=C(C(=O)Nc2cccc(C)c2C)C(c2ccccn2)n2nnnc2N1. The highest BCUT2D eigenvalue weighted by Gasteiger charge is 2.34. The van der Waals surface area contributed by atoms with Gasteiger partial charge in [-0.3, -0.25) is 9.78 Å². The number of allylic oxidation sites excluding steroid dienone is 1. The van der Waals surface area contributed by atoms with Gasteiger partial charge in [0.1, 0.15) is 6.04 Å². The van der Waals surface area contributed by atoms with Crippen LogP contribution in [-0.2, 0) is 4.79 Å². The Kier molecular flexibility index (Phi) is 4.15. The number of hydrogen-bond donors (Lipinski definition) is 2. The lowest BCUT2D eigenvalue weighted by molar-refractivity contribution is -0.113. The molecule has 1 amide bonds. The Morgan fingerprint density at radius 2 is 2.00 bits per heavy atom. The molecule has 2 aromatic heterocycles. The van der Waals surface area contributed by atoms with E-state index in [4.69, 9.17) is 0 Å². The van der Waals surface area contributed by atoms with Crippen LogP contribution in [0.5, 0.6) is 0 Å². The third kappa shape index (κ3) is 2.95. The van der Waals surface area contributed by atoms with Crippen LogP contribution in [0.4, 0.5) is 11.6 Å². The van der Waals surface area contributed by atoms with Crippen molar-refractivity contribution in [2.45, 2.75) is 26.8 Å². The monoisotopic (exact) mass is 361 g/mol. The number of anilines is 2. The Labute approximate surface area is 156 Å². The van der Waals surface area contributed by atoms with Crippen LogP contribution < -0.4 is 10.6 Å². The van der Waals surface area contributed by atoms with Crippen LogP contribution in [0.3, 0.4) is 0 Å². The summed E-state index contributed by atoms with van der Waals surface area (Å²) >= 11 is 0. The highest BCUT2D eigenvalue weighted by atomic mass is 16.1. The quantitative estimate of drug-likeness (QED) is 0.744. The highest BCUT2D eigenvalue weighted by molar-refractivity contribution is 6.06. The van der Waals surface area contributed by atoms with E-state index < -0.39 is 6.04 Å². The summed E-state index contributed by atoms with van der Waals surface area (Å²) in [6.07, 6.45) is 1.69. The van der Waals surface area contributed by atoms with E-state index in [1.54, 1.807) is 10.9 Å².